The zero-order chi connectivity index (χ0) is 18.8. The summed E-state index contributed by atoms with van der Waals surface area (Å²) in [6, 6.07) is 3.15. The maximum atomic E-state index is 13.0. The monoisotopic (exact) mass is 370 g/mol. The van der Waals surface area contributed by atoms with Crippen LogP contribution in [0.3, 0.4) is 0 Å². The van der Waals surface area contributed by atoms with E-state index in [0.717, 1.165) is 0 Å². The third-order valence-electron chi connectivity index (χ3n) is 4.34. The van der Waals surface area contributed by atoms with E-state index in [-0.39, 0.29) is 29.8 Å². The third kappa shape index (κ3) is 3.90. The number of methoxy groups -OCH3 is 2. The van der Waals surface area contributed by atoms with Gasteiger partial charge in [0, 0.05) is 38.2 Å². The quantitative estimate of drug-likeness (QED) is 0.785. The Morgan fingerprint density at radius 2 is 1.56 bits per heavy atom. The van der Waals surface area contributed by atoms with Crippen LogP contribution in [-0.4, -0.2) is 63.9 Å². The van der Waals surface area contributed by atoms with Gasteiger partial charge >= 0.3 is 0 Å². The predicted molar refractivity (Wildman–Crippen MR) is 94.5 cm³/mol. The minimum atomic E-state index is -3.66. The molecule has 2 rings (SSSR count). The van der Waals surface area contributed by atoms with Crippen molar-refractivity contribution in [1.29, 1.82) is 0 Å². The summed E-state index contributed by atoms with van der Waals surface area (Å²) in [5.74, 6) is 0.835. The third-order valence-corrected chi connectivity index (χ3v) is 6.38. The highest BCUT2D eigenvalue weighted by Gasteiger charge is 2.32. The van der Waals surface area contributed by atoms with Crippen LogP contribution in [0.2, 0.25) is 0 Å². The lowest BCUT2D eigenvalue weighted by Crippen LogP contribution is -2.51. The van der Waals surface area contributed by atoms with Gasteiger partial charge in [-0.1, -0.05) is 13.8 Å². The van der Waals surface area contributed by atoms with Crippen LogP contribution in [-0.2, 0) is 14.8 Å². The van der Waals surface area contributed by atoms with Crippen LogP contribution in [0.1, 0.15) is 19.4 Å². The van der Waals surface area contributed by atoms with Crippen molar-refractivity contribution in [2.24, 2.45) is 5.92 Å². The summed E-state index contributed by atoms with van der Waals surface area (Å²) >= 11 is 0. The normalized spacial score (nSPS) is 16.2. The molecule has 1 aromatic carbocycles. The second kappa shape index (κ2) is 7.61. The fourth-order valence-corrected chi connectivity index (χ4v) is 4.54. The Morgan fingerprint density at radius 1 is 1.04 bits per heavy atom. The van der Waals surface area contributed by atoms with E-state index in [1.54, 1.807) is 17.9 Å². The molecule has 0 N–H and O–H groups in total. The van der Waals surface area contributed by atoms with Gasteiger partial charge in [-0.2, -0.15) is 4.31 Å². The number of carbonyl (C=O) groups excluding carboxylic acids is 1. The molecule has 8 heteroatoms. The van der Waals surface area contributed by atoms with Gasteiger partial charge in [0.25, 0.3) is 0 Å². The molecule has 0 bridgehead atoms. The summed E-state index contributed by atoms with van der Waals surface area (Å²) in [5, 5.41) is 0. The van der Waals surface area contributed by atoms with Gasteiger partial charge in [-0.05, 0) is 18.6 Å². The van der Waals surface area contributed by atoms with E-state index in [0.29, 0.717) is 30.2 Å². The Hall–Kier alpha value is -1.80. The lowest BCUT2D eigenvalue weighted by Gasteiger charge is -2.35. The Balaban J connectivity index is 2.24. The fraction of sp³-hybridized carbons (Fsp3) is 0.588. The molecular weight excluding hydrogens is 344 g/mol. The van der Waals surface area contributed by atoms with Crippen molar-refractivity contribution in [2.45, 2.75) is 25.7 Å². The topological polar surface area (TPSA) is 76.2 Å². The molecule has 0 unspecified atom stereocenters. The van der Waals surface area contributed by atoms with Crippen molar-refractivity contribution in [3.63, 3.8) is 0 Å². The lowest BCUT2D eigenvalue weighted by atomic mass is 10.2. The molecule has 0 aromatic heterocycles. The summed E-state index contributed by atoms with van der Waals surface area (Å²) in [6.07, 6.45) is 0. The number of sulfonamides is 1. The van der Waals surface area contributed by atoms with Crippen LogP contribution in [0.4, 0.5) is 0 Å². The van der Waals surface area contributed by atoms with Crippen LogP contribution in [0.15, 0.2) is 17.0 Å². The number of rotatable bonds is 5. The van der Waals surface area contributed by atoms with E-state index in [9.17, 15) is 13.2 Å². The van der Waals surface area contributed by atoms with Crippen molar-refractivity contribution in [3.05, 3.63) is 17.7 Å². The number of hydrogen-bond acceptors (Lipinski definition) is 5. The average Bonchev–Trinajstić information content (AvgIpc) is 2.60. The summed E-state index contributed by atoms with van der Waals surface area (Å²) < 4.78 is 37.9. The predicted octanol–water partition coefficient (Wildman–Crippen LogP) is 1.50. The van der Waals surface area contributed by atoms with Gasteiger partial charge in [-0.3, -0.25) is 4.79 Å². The fourth-order valence-electron chi connectivity index (χ4n) is 2.89. The molecule has 7 nitrogen and oxygen atoms in total. The largest absolute Gasteiger partial charge is 0.493 e. The maximum absolute atomic E-state index is 13.0. The second-order valence-corrected chi connectivity index (χ2v) is 8.26. The smallest absolute Gasteiger partial charge is 0.243 e. The lowest BCUT2D eigenvalue weighted by molar-refractivity contribution is -0.135. The molecular formula is C17H26N2O5S. The molecule has 0 atom stereocenters. The number of aryl methyl sites for hydroxylation is 1. The first-order valence-electron chi connectivity index (χ1n) is 8.24. The Labute approximate surface area is 149 Å². The highest BCUT2D eigenvalue weighted by molar-refractivity contribution is 7.89. The molecule has 0 aliphatic carbocycles. The summed E-state index contributed by atoms with van der Waals surface area (Å²) in [7, 11) is -0.677. The summed E-state index contributed by atoms with van der Waals surface area (Å²) in [6.45, 7) is 6.80. The van der Waals surface area contributed by atoms with E-state index >= 15 is 0 Å². The van der Waals surface area contributed by atoms with Crippen LogP contribution in [0.5, 0.6) is 11.5 Å². The van der Waals surface area contributed by atoms with Crippen molar-refractivity contribution >= 4 is 15.9 Å². The van der Waals surface area contributed by atoms with Gasteiger partial charge in [0.2, 0.25) is 15.9 Å². The highest BCUT2D eigenvalue weighted by Crippen LogP contribution is 2.33. The van der Waals surface area contributed by atoms with E-state index in [2.05, 4.69) is 0 Å². The number of nitrogens with zero attached hydrogens (tertiary/aromatic N) is 2. The Bertz CT molecular complexity index is 738. The zero-order valence-corrected chi connectivity index (χ0v) is 16.2. The molecule has 25 heavy (non-hydrogen) atoms. The van der Waals surface area contributed by atoms with Crippen molar-refractivity contribution < 1.29 is 22.7 Å². The van der Waals surface area contributed by atoms with Gasteiger partial charge < -0.3 is 14.4 Å². The first kappa shape index (κ1) is 19.5. The van der Waals surface area contributed by atoms with E-state index in [1.165, 1.54) is 24.6 Å². The van der Waals surface area contributed by atoms with Gasteiger partial charge in [0.1, 0.15) is 0 Å². The minimum absolute atomic E-state index is 0.0549. The molecule has 140 valence electrons. The molecule has 1 amide bonds. The van der Waals surface area contributed by atoms with Crippen molar-refractivity contribution in [2.75, 3.05) is 40.4 Å². The summed E-state index contributed by atoms with van der Waals surface area (Å²) in [5.41, 5.74) is 0.596. The highest BCUT2D eigenvalue weighted by atomic mass is 32.2. The van der Waals surface area contributed by atoms with Crippen LogP contribution < -0.4 is 9.47 Å². The molecule has 0 saturated carbocycles. The number of piperazine rings is 1. The van der Waals surface area contributed by atoms with Crippen LogP contribution >= 0.6 is 0 Å². The van der Waals surface area contributed by atoms with Crippen molar-refractivity contribution in [3.8, 4) is 11.5 Å². The minimum Gasteiger partial charge on any atom is -0.493 e. The zero-order valence-electron chi connectivity index (χ0n) is 15.4. The summed E-state index contributed by atoms with van der Waals surface area (Å²) in [4.78, 5) is 14.0. The molecule has 0 radical (unpaired) electrons. The van der Waals surface area contributed by atoms with Gasteiger partial charge in [-0.15, -0.1) is 0 Å². The number of carbonyl (C=O) groups is 1. The molecule has 1 aliphatic rings. The van der Waals surface area contributed by atoms with E-state index in [4.69, 9.17) is 9.47 Å². The number of ether oxygens (including phenoxy) is 2. The average molecular weight is 370 g/mol. The first-order chi connectivity index (χ1) is 11.7. The molecule has 1 aliphatic heterocycles. The van der Waals surface area contributed by atoms with E-state index in [1.807, 2.05) is 13.8 Å². The molecule has 1 heterocycles. The number of hydrogen-bond donors (Lipinski definition) is 0. The molecule has 1 saturated heterocycles. The number of benzene rings is 1. The SMILES string of the molecule is COc1cc(C)c(S(=O)(=O)N2CCN(C(=O)C(C)C)CC2)cc1OC. The Morgan fingerprint density at radius 3 is 2.04 bits per heavy atom. The second-order valence-electron chi connectivity index (χ2n) is 6.36. The van der Waals surface area contributed by atoms with Crippen LogP contribution in [0.25, 0.3) is 0 Å². The van der Waals surface area contributed by atoms with Crippen LogP contribution in [0, 0.1) is 12.8 Å². The standard InChI is InChI=1S/C17H26N2O5S/c1-12(2)17(20)18-6-8-19(9-7-18)25(21,22)16-11-15(24-5)14(23-4)10-13(16)3/h10-12H,6-9H2,1-5H3. The first-order valence-corrected chi connectivity index (χ1v) is 9.68. The Kier molecular flexibility index (Phi) is 5.95. The van der Waals surface area contributed by atoms with Gasteiger partial charge in [-0.25, -0.2) is 8.42 Å². The number of amides is 1. The van der Waals surface area contributed by atoms with Gasteiger partial charge in [0.05, 0.1) is 19.1 Å². The molecule has 1 fully saturated rings. The van der Waals surface area contributed by atoms with E-state index < -0.39 is 10.0 Å². The maximum Gasteiger partial charge on any atom is 0.243 e. The van der Waals surface area contributed by atoms with Gasteiger partial charge in [0.15, 0.2) is 11.5 Å². The molecule has 1 aromatic rings. The molecule has 0 spiro atoms. The van der Waals surface area contributed by atoms with Crippen molar-refractivity contribution in [1.82, 2.24) is 9.21 Å².